The fraction of sp³-hybridized carbons (Fsp3) is 0.360. The first-order chi connectivity index (χ1) is 17.1. The van der Waals surface area contributed by atoms with Gasteiger partial charge in [0.05, 0.1) is 41.2 Å². The molecule has 0 atom stereocenters. The van der Waals surface area contributed by atoms with E-state index in [1.807, 2.05) is 56.6 Å². The summed E-state index contributed by atoms with van der Waals surface area (Å²) in [6, 6.07) is 7.64. The van der Waals surface area contributed by atoms with E-state index in [1.54, 1.807) is 11.8 Å². The average Bonchev–Trinajstić information content (AvgIpc) is 3.31. The smallest absolute Gasteiger partial charge is 0.341 e. The summed E-state index contributed by atoms with van der Waals surface area (Å²) >= 11 is 13.1. The van der Waals surface area contributed by atoms with E-state index in [1.165, 1.54) is 18.4 Å². The molecule has 0 radical (unpaired) electrons. The van der Waals surface area contributed by atoms with E-state index >= 15 is 0 Å². The zero-order chi connectivity index (χ0) is 26.6. The van der Waals surface area contributed by atoms with E-state index in [0.717, 1.165) is 22.6 Å². The quantitative estimate of drug-likeness (QED) is 0.278. The van der Waals surface area contributed by atoms with Crippen LogP contribution in [0.15, 0.2) is 24.3 Å². The van der Waals surface area contributed by atoms with Crippen LogP contribution < -0.4 is 10.6 Å². The molecule has 0 aliphatic rings. The molecule has 1 amide bonds. The molecule has 11 heteroatoms. The van der Waals surface area contributed by atoms with Gasteiger partial charge in [-0.3, -0.25) is 9.48 Å². The minimum absolute atomic E-state index is 0.132. The Hall–Kier alpha value is -2.95. The number of thiophene rings is 1. The molecule has 1 aromatic carbocycles. The number of halogens is 1. The van der Waals surface area contributed by atoms with Gasteiger partial charge in [-0.05, 0) is 64.0 Å². The molecule has 0 saturated heterocycles. The van der Waals surface area contributed by atoms with Gasteiger partial charge in [0, 0.05) is 18.1 Å². The number of carbonyl (C=O) groups excluding carboxylic acids is 2. The van der Waals surface area contributed by atoms with Crippen LogP contribution in [0.4, 0.5) is 10.7 Å². The molecule has 3 aromatic rings. The second kappa shape index (κ2) is 11.9. The largest absolute Gasteiger partial charge is 0.465 e. The number of thiocarbonyl (C=S) groups is 1. The molecule has 0 spiro atoms. The summed E-state index contributed by atoms with van der Waals surface area (Å²) in [5, 5.41) is 12.3. The van der Waals surface area contributed by atoms with Crippen LogP contribution in [0.2, 0.25) is 5.02 Å². The number of anilines is 2. The van der Waals surface area contributed by atoms with Crippen molar-refractivity contribution < 1.29 is 14.3 Å². The fourth-order valence-corrected chi connectivity index (χ4v) is 5.51. The van der Waals surface area contributed by atoms with Crippen LogP contribution in [-0.4, -0.2) is 51.9 Å². The van der Waals surface area contributed by atoms with Crippen molar-refractivity contribution in [2.24, 2.45) is 0 Å². The van der Waals surface area contributed by atoms with Gasteiger partial charge in [0.25, 0.3) is 5.91 Å². The topological polar surface area (TPSA) is 88.5 Å². The number of esters is 1. The van der Waals surface area contributed by atoms with Crippen molar-refractivity contribution >= 4 is 62.8 Å². The van der Waals surface area contributed by atoms with E-state index in [9.17, 15) is 9.59 Å². The number of aromatic nitrogens is 2. The van der Waals surface area contributed by atoms with Gasteiger partial charge in [0.2, 0.25) is 0 Å². The maximum Gasteiger partial charge on any atom is 0.341 e. The van der Waals surface area contributed by atoms with Crippen molar-refractivity contribution in [3.05, 3.63) is 62.2 Å². The van der Waals surface area contributed by atoms with Gasteiger partial charge in [-0.25, -0.2) is 4.79 Å². The molecule has 192 valence electrons. The van der Waals surface area contributed by atoms with Crippen LogP contribution in [0.25, 0.3) is 0 Å². The van der Waals surface area contributed by atoms with Crippen molar-refractivity contribution in [3.8, 4) is 0 Å². The lowest BCUT2D eigenvalue weighted by atomic mass is 10.1. The number of carbonyl (C=O) groups is 2. The highest BCUT2D eigenvalue weighted by atomic mass is 35.5. The van der Waals surface area contributed by atoms with Crippen LogP contribution in [0.3, 0.4) is 0 Å². The zero-order valence-electron chi connectivity index (χ0n) is 21.2. The summed E-state index contributed by atoms with van der Waals surface area (Å²) in [4.78, 5) is 27.8. The normalized spacial score (nSPS) is 10.8. The van der Waals surface area contributed by atoms with E-state index in [-0.39, 0.29) is 11.0 Å². The second-order valence-electron chi connectivity index (χ2n) is 8.10. The Bertz CT molecular complexity index is 1300. The molecule has 0 fully saturated rings. The number of amides is 1. The lowest BCUT2D eigenvalue weighted by molar-refractivity contribution is 0.0601. The van der Waals surface area contributed by atoms with Gasteiger partial charge in [-0.15, -0.1) is 11.3 Å². The van der Waals surface area contributed by atoms with Crippen molar-refractivity contribution in [1.82, 2.24) is 14.7 Å². The highest BCUT2D eigenvalue weighted by molar-refractivity contribution is 7.80. The summed E-state index contributed by atoms with van der Waals surface area (Å²) in [6.45, 7) is 11.1. The van der Waals surface area contributed by atoms with Crippen LogP contribution in [0.5, 0.6) is 0 Å². The van der Waals surface area contributed by atoms with Crippen LogP contribution in [-0.2, 0) is 11.3 Å². The Labute approximate surface area is 225 Å². The van der Waals surface area contributed by atoms with E-state index in [4.69, 9.17) is 28.6 Å². The van der Waals surface area contributed by atoms with Crippen molar-refractivity contribution in [3.63, 3.8) is 0 Å². The monoisotopic (exact) mass is 547 g/mol. The Morgan fingerprint density at radius 1 is 1.17 bits per heavy atom. The molecule has 0 unspecified atom stereocenters. The number of hydrogen-bond acceptors (Lipinski definition) is 6. The third-order valence-electron chi connectivity index (χ3n) is 5.91. The summed E-state index contributed by atoms with van der Waals surface area (Å²) < 4.78 is 6.85. The van der Waals surface area contributed by atoms with Crippen LogP contribution in [0, 0.1) is 20.8 Å². The van der Waals surface area contributed by atoms with E-state index in [2.05, 4.69) is 15.7 Å². The van der Waals surface area contributed by atoms with Gasteiger partial charge in [-0.1, -0.05) is 29.8 Å². The van der Waals surface area contributed by atoms with Gasteiger partial charge in [0.15, 0.2) is 5.11 Å². The molecule has 0 bridgehead atoms. The third-order valence-corrected chi connectivity index (χ3v) is 7.67. The zero-order valence-corrected chi connectivity index (χ0v) is 23.6. The third kappa shape index (κ3) is 5.71. The maximum absolute atomic E-state index is 13.0. The molecule has 2 N–H and O–H groups in total. The lowest BCUT2D eigenvalue weighted by Gasteiger charge is -2.18. The average molecular weight is 548 g/mol. The molecule has 0 aliphatic heterocycles. The number of benzene rings is 1. The number of nitrogens with one attached hydrogen (secondary N) is 2. The van der Waals surface area contributed by atoms with Gasteiger partial charge in [0.1, 0.15) is 5.00 Å². The Morgan fingerprint density at radius 2 is 1.83 bits per heavy atom. The lowest BCUT2D eigenvalue weighted by Crippen LogP contribution is -2.30. The summed E-state index contributed by atoms with van der Waals surface area (Å²) in [5.41, 5.74) is 4.21. The van der Waals surface area contributed by atoms with Crippen LogP contribution in [0.1, 0.15) is 56.4 Å². The molecule has 0 saturated carbocycles. The van der Waals surface area contributed by atoms with Gasteiger partial charge in [-0.2, -0.15) is 5.10 Å². The fourth-order valence-electron chi connectivity index (χ4n) is 3.88. The first kappa shape index (κ1) is 27.6. The highest BCUT2D eigenvalue weighted by Gasteiger charge is 2.28. The maximum atomic E-state index is 13.0. The number of aryl methyl sites for hydroxylation is 1. The Morgan fingerprint density at radius 3 is 2.44 bits per heavy atom. The first-order valence-electron chi connectivity index (χ1n) is 11.5. The number of methoxy groups -OCH3 is 1. The summed E-state index contributed by atoms with van der Waals surface area (Å²) in [5.74, 6) is -0.667. The van der Waals surface area contributed by atoms with Gasteiger partial charge < -0.3 is 20.3 Å². The number of rotatable bonds is 8. The standard InChI is InChI=1S/C25H30ClN5O3S2/c1-7-30(8-2)23(32)21-14(3)19(24(33)34-6)22(36-21)28-25(35)27-20-15(4)29-31(16(20)5)13-17-11-9-10-12-18(17)26/h9-12H,7-8,13H2,1-6H3,(H2,27,28,35). The Balaban J connectivity index is 1.86. The first-order valence-corrected chi connectivity index (χ1v) is 13.1. The predicted molar refractivity (Wildman–Crippen MR) is 150 cm³/mol. The minimum atomic E-state index is -0.535. The van der Waals surface area contributed by atoms with E-state index in [0.29, 0.717) is 45.7 Å². The molecule has 2 heterocycles. The van der Waals surface area contributed by atoms with Crippen molar-refractivity contribution in [2.45, 2.75) is 41.2 Å². The number of hydrogen-bond donors (Lipinski definition) is 2. The molecule has 3 rings (SSSR count). The number of nitrogens with zero attached hydrogens (tertiary/aromatic N) is 3. The molecule has 36 heavy (non-hydrogen) atoms. The number of ether oxygens (including phenoxy) is 1. The van der Waals surface area contributed by atoms with E-state index < -0.39 is 5.97 Å². The van der Waals surface area contributed by atoms with Crippen molar-refractivity contribution in [2.75, 3.05) is 30.8 Å². The van der Waals surface area contributed by atoms with Crippen molar-refractivity contribution in [1.29, 1.82) is 0 Å². The predicted octanol–water partition coefficient (Wildman–Crippen LogP) is 5.65. The molecular formula is C25H30ClN5O3S2. The second-order valence-corrected chi connectivity index (χ2v) is 9.94. The minimum Gasteiger partial charge on any atom is -0.465 e. The van der Waals surface area contributed by atoms with Gasteiger partial charge >= 0.3 is 5.97 Å². The molecule has 2 aromatic heterocycles. The van der Waals surface area contributed by atoms with Crippen LogP contribution >= 0.6 is 35.2 Å². The molecule has 8 nitrogen and oxygen atoms in total. The SMILES string of the molecule is CCN(CC)C(=O)c1sc(NC(=S)Nc2c(C)nn(Cc3ccccc3Cl)c2C)c(C(=O)OC)c1C. The molecule has 0 aliphatic carbocycles. The molecular weight excluding hydrogens is 518 g/mol. The summed E-state index contributed by atoms with van der Waals surface area (Å²) in [6.07, 6.45) is 0. The summed E-state index contributed by atoms with van der Waals surface area (Å²) in [7, 11) is 1.31. The Kier molecular flexibility index (Phi) is 9.10. The highest BCUT2D eigenvalue weighted by Crippen LogP contribution is 2.35.